The Labute approximate surface area is 107 Å². The molecule has 0 aliphatic carbocycles. The molecule has 0 amide bonds. The van der Waals surface area contributed by atoms with Crippen molar-refractivity contribution in [1.82, 2.24) is 10.2 Å². The van der Waals surface area contributed by atoms with Crippen LogP contribution >= 0.6 is 15.9 Å². The van der Waals surface area contributed by atoms with Crippen LogP contribution in [0.5, 0.6) is 0 Å². The summed E-state index contributed by atoms with van der Waals surface area (Å²) in [4.78, 5) is 2.36. The molecule has 0 saturated carbocycles. The van der Waals surface area contributed by atoms with Gasteiger partial charge in [-0.25, -0.2) is 0 Å². The summed E-state index contributed by atoms with van der Waals surface area (Å²) in [7, 11) is 4.16. The fraction of sp³-hybridized carbons (Fsp3) is 0.538. The monoisotopic (exact) mass is 284 g/mol. The molecule has 2 nitrogen and oxygen atoms in total. The van der Waals surface area contributed by atoms with Crippen molar-refractivity contribution in [3.63, 3.8) is 0 Å². The summed E-state index contributed by atoms with van der Waals surface area (Å²) in [6, 6.07) is 6.50. The molecule has 1 aromatic rings. The molecule has 1 rings (SSSR count). The van der Waals surface area contributed by atoms with Crippen molar-refractivity contribution in [3.05, 3.63) is 33.8 Å². The zero-order chi connectivity index (χ0) is 12.0. The molecule has 1 N–H and O–H groups in total. The highest BCUT2D eigenvalue weighted by molar-refractivity contribution is 9.10. The van der Waals surface area contributed by atoms with Gasteiger partial charge in [0, 0.05) is 24.1 Å². The number of aryl methyl sites for hydroxylation is 1. The van der Waals surface area contributed by atoms with Crippen LogP contribution in [-0.2, 0) is 6.42 Å². The van der Waals surface area contributed by atoms with E-state index in [1.165, 1.54) is 15.6 Å². The van der Waals surface area contributed by atoms with Crippen molar-refractivity contribution < 1.29 is 0 Å². The third-order valence-corrected chi connectivity index (χ3v) is 3.31. The normalized spacial score (nSPS) is 11.1. The molecular weight excluding hydrogens is 264 g/mol. The molecule has 0 fully saturated rings. The van der Waals surface area contributed by atoms with Crippen LogP contribution in [0.15, 0.2) is 22.7 Å². The van der Waals surface area contributed by atoms with E-state index in [1.54, 1.807) is 0 Å². The summed E-state index contributed by atoms with van der Waals surface area (Å²) in [6.45, 7) is 5.44. The van der Waals surface area contributed by atoms with E-state index in [0.717, 1.165) is 26.1 Å². The minimum atomic E-state index is 1.05. The van der Waals surface area contributed by atoms with Gasteiger partial charge in [0.25, 0.3) is 0 Å². The highest BCUT2D eigenvalue weighted by atomic mass is 79.9. The third-order valence-electron chi connectivity index (χ3n) is 2.82. The fourth-order valence-electron chi connectivity index (χ4n) is 1.64. The average Bonchev–Trinajstić information content (AvgIpc) is 2.27. The van der Waals surface area contributed by atoms with Crippen LogP contribution in [0.1, 0.15) is 11.1 Å². The Kier molecular flexibility index (Phi) is 6.03. The molecule has 90 valence electrons. The van der Waals surface area contributed by atoms with Gasteiger partial charge in [0.15, 0.2) is 0 Å². The summed E-state index contributed by atoms with van der Waals surface area (Å²) >= 11 is 3.52. The first-order chi connectivity index (χ1) is 7.63. The lowest BCUT2D eigenvalue weighted by Gasteiger charge is -2.17. The first-order valence-electron chi connectivity index (χ1n) is 5.71. The third kappa shape index (κ3) is 4.64. The summed E-state index contributed by atoms with van der Waals surface area (Å²) in [5.41, 5.74) is 2.82. The quantitative estimate of drug-likeness (QED) is 0.863. The molecule has 0 aromatic heterocycles. The lowest BCUT2D eigenvalue weighted by atomic mass is 10.1. The summed E-state index contributed by atoms with van der Waals surface area (Å²) in [6.07, 6.45) is 1.12. The molecular formula is C13H21BrN2. The number of rotatable bonds is 6. The van der Waals surface area contributed by atoms with Crippen molar-refractivity contribution in [3.8, 4) is 0 Å². The van der Waals surface area contributed by atoms with Gasteiger partial charge in [0.1, 0.15) is 0 Å². The lowest BCUT2D eigenvalue weighted by molar-refractivity contribution is 0.339. The van der Waals surface area contributed by atoms with Gasteiger partial charge in [-0.2, -0.15) is 0 Å². The Morgan fingerprint density at radius 1 is 1.31 bits per heavy atom. The van der Waals surface area contributed by atoms with Crippen molar-refractivity contribution in [2.75, 3.05) is 33.7 Å². The number of halogens is 1. The summed E-state index contributed by atoms with van der Waals surface area (Å²) in [5.74, 6) is 0. The predicted molar refractivity (Wildman–Crippen MR) is 74.0 cm³/mol. The van der Waals surface area contributed by atoms with Gasteiger partial charge in [-0.3, -0.25) is 0 Å². The SMILES string of the molecule is CNCCN(C)CCc1cc(Br)ccc1C. The molecule has 0 aliphatic rings. The van der Waals surface area contributed by atoms with Gasteiger partial charge in [-0.1, -0.05) is 22.0 Å². The highest BCUT2D eigenvalue weighted by Crippen LogP contribution is 2.16. The molecule has 0 saturated heterocycles. The molecule has 1 aromatic carbocycles. The topological polar surface area (TPSA) is 15.3 Å². The van der Waals surface area contributed by atoms with Gasteiger partial charge in [0.05, 0.1) is 0 Å². The van der Waals surface area contributed by atoms with Gasteiger partial charge < -0.3 is 10.2 Å². The number of nitrogens with one attached hydrogen (secondary N) is 1. The molecule has 0 unspecified atom stereocenters. The second-order valence-electron chi connectivity index (χ2n) is 4.23. The van der Waals surface area contributed by atoms with E-state index >= 15 is 0 Å². The molecule has 0 heterocycles. The Morgan fingerprint density at radius 3 is 2.75 bits per heavy atom. The number of hydrogen-bond donors (Lipinski definition) is 1. The van der Waals surface area contributed by atoms with Crippen LogP contribution in [0.25, 0.3) is 0 Å². The van der Waals surface area contributed by atoms with Gasteiger partial charge in [-0.15, -0.1) is 0 Å². The van der Waals surface area contributed by atoms with Crippen LogP contribution < -0.4 is 5.32 Å². The zero-order valence-corrected chi connectivity index (χ0v) is 12.0. The number of hydrogen-bond acceptors (Lipinski definition) is 2. The predicted octanol–water partition coefficient (Wildman–Crippen LogP) is 2.45. The Balaban J connectivity index is 2.44. The molecule has 0 atom stereocenters. The number of nitrogens with zero attached hydrogens (tertiary/aromatic N) is 1. The average molecular weight is 285 g/mol. The minimum Gasteiger partial charge on any atom is -0.318 e. The molecule has 0 bridgehead atoms. The first-order valence-corrected chi connectivity index (χ1v) is 6.51. The number of likely N-dealkylation sites (N-methyl/N-ethyl adjacent to an activating group) is 2. The Bertz CT molecular complexity index is 326. The summed E-state index contributed by atoms with van der Waals surface area (Å²) in [5, 5.41) is 3.17. The maximum Gasteiger partial charge on any atom is 0.0178 e. The van der Waals surface area contributed by atoms with E-state index < -0.39 is 0 Å². The lowest BCUT2D eigenvalue weighted by Crippen LogP contribution is -2.29. The van der Waals surface area contributed by atoms with E-state index in [9.17, 15) is 0 Å². The van der Waals surface area contributed by atoms with Gasteiger partial charge in [0.2, 0.25) is 0 Å². The standard InChI is InChI=1S/C13H21BrN2/c1-11-4-5-13(14)10-12(11)6-8-16(3)9-7-15-2/h4-5,10,15H,6-9H2,1-3H3. The van der Waals surface area contributed by atoms with E-state index in [2.05, 4.69) is 58.3 Å². The van der Waals surface area contributed by atoms with Crippen LogP contribution in [0.3, 0.4) is 0 Å². The van der Waals surface area contributed by atoms with E-state index in [1.807, 2.05) is 7.05 Å². The fourth-order valence-corrected chi connectivity index (χ4v) is 2.04. The van der Waals surface area contributed by atoms with Crippen molar-refractivity contribution in [2.45, 2.75) is 13.3 Å². The second kappa shape index (κ2) is 7.05. The highest BCUT2D eigenvalue weighted by Gasteiger charge is 2.02. The van der Waals surface area contributed by atoms with E-state index in [4.69, 9.17) is 0 Å². The molecule has 16 heavy (non-hydrogen) atoms. The zero-order valence-electron chi connectivity index (χ0n) is 10.4. The maximum absolute atomic E-state index is 3.52. The largest absolute Gasteiger partial charge is 0.318 e. The van der Waals surface area contributed by atoms with Crippen molar-refractivity contribution >= 4 is 15.9 Å². The second-order valence-corrected chi connectivity index (χ2v) is 5.14. The first kappa shape index (κ1) is 13.7. The van der Waals surface area contributed by atoms with Gasteiger partial charge >= 0.3 is 0 Å². The van der Waals surface area contributed by atoms with Crippen molar-refractivity contribution in [1.29, 1.82) is 0 Å². The van der Waals surface area contributed by atoms with Crippen LogP contribution in [-0.4, -0.2) is 38.6 Å². The molecule has 0 aliphatic heterocycles. The summed E-state index contributed by atoms with van der Waals surface area (Å²) < 4.78 is 1.17. The smallest absolute Gasteiger partial charge is 0.0178 e. The molecule has 0 spiro atoms. The molecule has 3 heteroatoms. The van der Waals surface area contributed by atoms with Gasteiger partial charge in [-0.05, 0) is 50.7 Å². The van der Waals surface area contributed by atoms with Crippen LogP contribution in [0.4, 0.5) is 0 Å². The number of benzene rings is 1. The Hall–Kier alpha value is -0.380. The maximum atomic E-state index is 3.52. The van der Waals surface area contributed by atoms with Crippen LogP contribution in [0.2, 0.25) is 0 Å². The van der Waals surface area contributed by atoms with E-state index in [0.29, 0.717) is 0 Å². The van der Waals surface area contributed by atoms with Crippen molar-refractivity contribution in [2.24, 2.45) is 0 Å². The molecule has 0 radical (unpaired) electrons. The Morgan fingerprint density at radius 2 is 2.06 bits per heavy atom. The van der Waals surface area contributed by atoms with Crippen LogP contribution in [0, 0.1) is 6.92 Å². The van der Waals surface area contributed by atoms with E-state index in [-0.39, 0.29) is 0 Å². The minimum absolute atomic E-state index is 1.05.